The summed E-state index contributed by atoms with van der Waals surface area (Å²) in [4.78, 5) is 0. The van der Waals surface area contributed by atoms with E-state index in [1.165, 1.54) is 0 Å². The molecule has 0 spiro atoms. The summed E-state index contributed by atoms with van der Waals surface area (Å²) in [6.07, 6.45) is 1.70. The van der Waals surface area contributed by atoms with Gasteiger partial charge in [-0.1, -0.05) is 0 Å². The lowest BCUT2D eigenvalue weighted by molar-refractivity contribution is 0.182. The van der Waals surface area contributed by atoms with Crippen LogP contribution in [-0.4, -0.2) is 32.8 Å². The van der Waals surface area contributed by atoms with Crippen LogP contribution in [0.15, 0.2) is 22.8 Å². The molecule has 2 atom stereocenters. The van der Waals surface area contributed by atoms with E-state index in [-0.39, 0.29) is 0 Å². The normalized spacial score (nSPS) is 25.9. The molecule has 2 N–H and O–H groups in total. The number of hydrogen-bond acceptors (Lipinski definition) is 4. The highest BCUT2D eigenvalue weighted by molar-refractivity contribution is 4.97. The van der Waals surface area contributed by atoms with Crippen molar-refractivity contribution in [2.45, 2.75) is 12.6 Å². The second-order valence-electron chi connectivity index (χ2n) is 3.90. The Morgan fingerprint density at radius 3 is 3.13 bits per heavy atom. The molecule has 4 heteroatoms. The van der Waals surface area contributed by atoms with Gasteiger partial charge >= 0.3 is 0 Å². The van der Waals surface area contributed by atoms with Gasteiger partial charge in [0.15, 0.2) is 0 Å². The lowest BCUT2D eigenvalue weighted by atomic mass is 10.0. The molecule has 4 nitrogen and oxygen atoms in total. The van der Waals surface area contributed by atoms with Crippen LogP contribution in [0.4, 0.5) is 0 Å². The molecule has 0 bridgehead atoms. The second kappa shape index (κ2) is 5.30. The Bertz CT molecular complexity index is 274. The Morgan fingerprint density at radius 2 is 2.40 bits per heavy atom. The number of rotatable bonds is 5. The van der Waals surface area contributed by atoms with Gasteiger partial charge in [-0.25, -0.2) is 0 Å². The van der Waals surface area contributed by atoms with Gasteiger partial charge in [-0.05, 0) is 19.2 Å². The highest BCUT2D eigenvalue weighted by Gasteiger charge is 2.26. The van der Waals surface area contributed by atoms with Gasteiger partial charge in [-0.2, -0.15) is 0 Å². The molecule has 0 aliphatic carbocycles. The SMILES string of the molecule is CNC1COCC1CNCc1ccco1. The molecule has 0 saturated carbocycles. The average molecular weight is 210 g/mol. The molecule has 2 unspecified atom stereocenters. The van der Waals surface area contributed by atoms with Crippen molar-refractivity contribution >= 4 is 0 Å². The van der Waals surface area contributed by atoms with Crippen LogP contribution in [0.3, 0.4) is 0 Å². The summed E-state index contributed by atoms with van der Waals surface area (Å²) in [6, 6.07) is 4.37. The highest BCUT2D eigenvalue weighted by Crippen LogP contribution is 2.12. The van der Waals surface area contributed by atoms with Crippen LogP contribution in [0.1, 0.15) is 5.76 Å². The maximum absolute atomic E-state index is 5.42. The number of ether oxygens (including phenoxy) is 1. The van der Waals surface area contributed by atoms with Crippen LogP contribution >= 0.6 is 0 Å². The van der Waals surface area contributed by atoms with E-state index in [4.69, 9.17) is 9.15 Å². The Kier molecular flexibility index (Phi) is 3.77. The predicted molar refractivity (Wildman–Crippen MR) is 57.6 cm³/mol. The molecule has 84 valence electrons. The zero-order valence-corrected chi connectivity index (χ0v) is 9.03. The second-order valence-corrected chi connectivity index (χ2v) is 3.90. The zero-order valence-electron chi connectivity index (χ0n) is 9.03. The summed E-state index contributed by atoms with van der Waals surface area (Å²) in [5.74, 6) is 1.54. The van der Waals surface area contributed by atoms with Crippen molar-refractivity contribution in [2.24, 2.45) is 5.92 Å². The first-order chi connectivity index (χ1) is 7.40. The molecule has 1 aromatic heterocycles. The van der Waals surface area contributed by atoms with Crippen molar-refractivity contribution in [3.05, 3.63) is 24.2 Å². The molecule has 1 aromatic rings. The number of furan rings is 1. The van der Waals surface area contributed by atoms with Crippen LogP contribution in [0, 0.1) is 5.92 Å². The van der Waals surface area contributed by atoms with Gasteiger partial charge in [0.1, 0.15) is 5.76 Å². The molecule has 15 heavy (non-hydrogen) atoms. The largest absolute Gasteiger partial charge is 0.468 e. The fourth-order valence-corrected chi connectivity index (χ4v) is 1.91. The molecule has 0 aromatic carbocycles. The van der Waals surface area contributed by atoms with Gasteiger partial charge in [-0.3, -0.25) is 0 Å². The van der Waals surface area contributed by atoms with E-state index in [1.807, 2.05) is 19.2 Å². The molecule has 2 rings (SSSR count). The Hall–Kier alpha value is -0.840. The Labute approximate surface area is 90.0 Å². The topological polar surface area (TPSA) is 46.4 Å². The van der Waals surface area contributed by atoms with Gasteiger partial charge in [0.2, 0.25) is 0 Å². The lowest BCUT2D eigenvalue weighted by Crippen LogP contribution is -2.38. The average Bonchev–Trinajstić information content (AvgIpc) is 2.88. The first-order valence-corrected chi connectivity index (χ1v) is 5.38. The van der Waals surface area contributed by atoms with E-state index in [1.54, 1.807) is 6.26 Å². The molecule has 1 fully saturated rings. The van der Waals surface area contributed by atoms with E-state index >= 15 is 0 Å². The third kappa shape index (κ3) is 2.81. The van der Waals surface area contributed by atoms with Crippen LogP contribution in [0.2, 0.25) is 0 Å². The van der Waals surface area contributed by atoms with Crippen LogP contribution < -0.4 is 10.6 Å². The van der Waals surface area contributed by atoms with Crippen molar-refractivity contribution in [3.8, 4) is 0 Å². The third-order valence-corrected chi connectivity index (χ3v) is 2.86. The van der Waals surface area contributed by atoms with Crippen LogP contribution in [0.5, 0.6) is 0 Å². The summed E-state index contributed by atoms with van der Waals surface area (Å²) in [6.45, 7) is 3.42. The molecule has 1 saturated heterocycles. The number of likely N-dealkylation sites (N-methyl/N-ethyl adjacent to an activating group) is 1. The van der Waals surface area contributed by atoms with Gasteiger partial charge in [0.05, 0.1) is 26.0 Å². The Balaban J connectivity index is 1.69. The van der Waals surface area contributed by atoms with Crippen molar-refractivity contribution in [2.75, 3.05) is 26.8 Å². The van der Waals surface area contributed by atoms with E-state index < -0.39 is 0 Å². The maximum atomic E-state index is 5.42. The predicted octanol–water partition coefficient (Wildman–Crippen LogP) is 0.604. The smallest absolute Gasteiger partial charge is 0.117 e. The molecule has 2 heterocycles. The van der Waals surface area contributed by atoms with Gasteiger partial charge < -0.3 is 19.8 Å². The summed E-state index contributed by atoms with van der Waals surface area (Å²) in [7, 11) is 1.98. The van der Waals surface area contributed by atoms with Crippen molar-refractivity contribution in [1.82, 2.24) is 10.6 Å². The summed E-state index contributed by atoms with van der Waals surface area (Å²) < 4.78 is 10.7. The fraction of sp³-hybridized carbons (Fsp3) is 0.636. The first-order valence-electron chi connectivity index (χ1n) is 5.38. The van der Waals surface area contributed by atoms with E-state index in [0.29, 0.717) is 12.0 Å². The maximum Gasteiger partial charge on any atom is 0.117 e. The zero-order chi connectivity index (χ0) is 10.5. The highest BCUT2D eigenvalue weighted by atomic mass is 16.5. The van der Waals surface area contributed by atoms with Crippen molar-refractivity contribution < 1.29 is 9.15 Å². The van der Waals surface area contributed by atoms with Gasteiger partial charge in [-0.15, -0.1) is 0 Å². The van der Waals surface area contributed by atoms with Gasteiger partial charge in [0, 0.05) is 18.5 Å². The van der Waals surface area contributed by atoms with Crippen molar-refractivity contribution in [3.63, 3.8) is 0 Å². The minimum atomic E-state index is 0.481. The lowest BCUT2D eigenvalue weighted by Gasteiger charge is -2.16. The first kappa shape index (κ1) is 10.7. The summed E-state index contributed by atoms with van der Waals surface area (Å²) in [5, 5.41) is 6.65. The fourth-order valence-electron chi connectivity index (χ4n) is 1.91. The minimum absolute atomic E-state index is 0.481. The molecular formula is C11H18N2O2. The van der Waals surface area contributed by atoms with Crippen LogP contribution in [-0.2, 0) is 11.3 Å². The summed E-state index contributed by atoms with van der Waals surface area (Å²) >= 11 is 0. The molecule has 1 aliphatic heterocycles. The van der Waals surface area contributed by atoms with E-state index in [0.717, 1.165) is 32.1 Å². The molecular weight excluding hydrogens is 192 g/mol. The number of hydrogen-bond donors (Lipinski definition) is 2. The number of nitrogens with one attached hydrogen (secondary N) is 2. The molecule has 1 aliphatic rings. The molecule has 0 amide bonds. The van der Waals surface area contributed by atoms with E-state index in [9.17, 15) is 0 Å². The van der Waals surface area contributed by atoms with Crippen molar-refractivity contribution in [1.29, 1.82) is 0 Å². The standard InChI is InChI=1S/C11H18N2O2/c1-12-11-8-14-7-9(11)5-13-6-10-3-2-4-15-10/h2-4,9,11-13H,5-8H2,1H3. The quantitative estimate of drug-likeness (QED) is 0.747. The van der Waals surface area contributed by atoms with Crippen LogP contribution in [0.25, 0.3) is 0 Å². The minimum Gasteiger partial charge on any atom is -0.468 e. The Morgan fingerprint density at radius 1 is 1.47 bits per heavy atom. The monoisotopic (exact) mass is 210 g/mol. The summed E-state index contributed by atoms with van der Waals surface area (Å²) in [5.41, 5.74) is 0. The van der Waals surface area contributed by atoms with Gasteiger partial charge in [0.25, 0.3) is 0 Å². The van der Waals surface area contributed by atoms with E-state index in [2.05, 4.69) is 10.6 Å². The molecule has 0 radical (unpaired) electrons. The third-order valence-electron chi connectivity index (χ3n) is 2.86.